The van der Waals surface area contributed by atoms with E-state index in [9.17, 15) is 9.59 Å². The summed E-state index contributed by atoms with van der Waals surface area (Å²) in [5.74, 6) is -1.24. The lowest BCUT2D eigenvalue weighted by atomic mass is 10.1. The first-order valence-corrected chi connectivity index (χ1v) is 5.82. The van der Waals surface area contributed by atoms with Gasteiger partial charge in [-0.3, -0.25) is 4.79 Å². The highest BCUT2D eigenvalue weighted by Gasteiger charge is 2.28. The van der Waals surface area contributed by atoms with Crippen molar-refractivity contribution in [2.45, 2.75) is 18.9 Å². The number of para-hydroxylation sites is 1. The molecule has 1 aliphatic heterocycles. The van der Waals surface area contributed by atoms with E-state index in [1.807, 2.05) is 0 Å². The summed E-state index contributed by atoms with van der Waals surface area (Å²) < 4.78 is 5.32. The van der Waals surface area contributed by atoms with Crippen LogP contribution in [-0.2, 0) is 9.53 Å². The van der Waals surface area contributed by atoms with Gasteiger partial charge < -0.3 is 14.7 Å². The van der Waals surface area contributed by atoms with E-state index in [4.69, 9.17) is 9.84 Å². The largest absolute Gasteiger partial charge is 0.478 e. The lowest BCUT2D eigenvalue weighted by Crippen LogP contribution is -2.36. The van der Waals surface area contributed by atoms with Crippen molar-refractivity contribution in [1.82, 2.24) is 0 Å². The number of carbonyl (C=O) groups excluding carboxylic acids is 1. The number of carbonyl (C=O) groups is 2. The number of hydrogen-bond acceptors (Lipinski definition) is 3. The molecule has 1 fully saturated rings. The Morgan fingerprint density at radius 1 is 1.39 bits per heavy atom. The van der Waals surface area contributed by atoms with Crippen LogP contribution in [0.4, 0.5) is 5.69 Å². The van der Waals surface area contributed by atoms with Crippen LogP contribution in [0.2, 0.25) is 0 Å². The van der Waals surface area contributed by atoms with Crippen LogP contribution in [0.3, 0.4) is 0 Å². The van der Waals surface area contributed by atoms with Gasteiger partial charge in [0.05, 0.1) is 11.3 Å². The fourth-order valence-electron chi connectivity index (χ4n) is 2.05. The van der Waals surface area contributed by atoms with E-state index in [1.54, 1.807) is 25.2 Å². The van der Waals surface area contributed by atoms with E-state index < -0.39 is 12.1 Å². The number of aromatic carboxylic acids is 1. The fraction of sp³-hybridized carbons (Fsp3) is 0.385. The topological polar surface area (TPSA) is 66.8 Å². The molecule has 0 aliphatic carbocycles. The Kier molecular flexibility index (Phi) is 3.62. The minimum atomic E-state index is -1.04. The molecule has 0 spiro atoms. The monoisotopic (exact) mass is 249 g/mol. The Balaban J connectivity index is 2.25. The van der Waals surface area contributed by atoms with Crippen molar-refractivity contribution in [3.63, 3.8) is 0 Å². The number of amides is 1. The SMILES string of the molecule is CN(C(=O)[C@H]1CCCO1)c1ccccc1C(=O)O. The Labute approximate surface area is 105 Å². The fourth-order valence-corrected chi connectivity index (χ4v) is 2.05. The third-order valence-corrected chi connectivity index (χ3v) is 3.03. The van der Waals surface area contributed by atoms with Crippen LogP contribution in [0.1, 0.15) is 23.2 Å². The van der Waals surface area contributed by atoms with Crippen LogP contribution in [0, 0.1) is 0 Å². The first-order chi connectivity index (χ1) is 8.61. The zero-order chi connectivity index (χ0) is 13.1. The van der Waals surface area contributed by atoms with Crippen LogP contribution in [0.5, 0.6) is 0 Å². The van der Waals surface area contributed by atoms with Crippen molar-refractivity contribution in [1.29, 1.82) is 0 Å². The maximum Gasteiger partial charge on any atom is 0.337 e. The third kappa shape index (κ3) is 2.36. The number of hydrogen-bond donors (Lipinski definition) is 1. The molecular weight excluding hydrogens is 234 g/mol. The molecule has 1 aromatic rings. The van der Waals surface area contributed by atoms with Crippen molar-refractivity contribution >= 4 is 17.6 Å². The Hall–Kier alpha value is -1.88. The van der Waals surface area contributed by atoms with Crippen LogP contribution < -0.4 is 4.90 Å². The van der Waals surface area contributed by atoms with E-state index in [0.29, 0.717) is 18.7 Å². The average Bonchev–Trinajstić information content (AvgIpc) is 2.90. The van der Waals surface area contributed by atoms with Crippen molar-refractivity contribution in [2.75, 3.05) is 18.6 Å². The summed E-state index contributed by atoms with van der Waals surface area (Å²) >= 11 is 0. The molecule has 1 heterocycles. The lowest BCUT2D eigenvalue weighted by Gasteiger charge is -2.22. The molecule has 5 heteroatoms. The summed E-state index contributed by atoms with van der Waals surface area (Å²) in [6, 6.07) is 6.45. The third-order valence-electron chi connectivity index (χ3n) is 3.03. The predicted octanol–water partition coefficient (Wildman–Crippen LogP) is 1.53. The first-order valence-electron chi connectivity index (χ1n) is 5.82. The van der Waals surface area contributed by atoms with E-state index in [-0.39, 0.29) is 11.5 Å². The second-order valence-electron chi connectivity index (χ2n) is 4.22. The van der Waals surface area contributed by atoms with Gasteiger partial charge >= 0.3 is 5.97 Å². The molecule has 0 bridgehead atoms. The molecule has 0 aromatic heterocycles. The first kappa shape index (κ1) is 12.6. The lowest BCUT2D eigenvalue weighted by molar-refractivity contribution is -0.127. The normalized spacial score (nSPS) is 18.6. The molecule has 1 aliphatic rings. The highest BCUT2D eigenvalue weighted by molar-refractivity contribution is 6.03. The number of nitrogens with zero attached hydrogens (tertiary/aromatic N) is 1. The van der Waals surface area contributed by atoms with Gasteiger partial charge in [0.25, 0.3) is 5.91 Å². The molecule has 1 amide bonds. The quantitative estimate of drug-likeness (QED) is 0.882. The molecular formula is C13H15NO4. The highest BCUT2D eigenvalue weighted by Crippen LogP contribution is 2.22. The molecule has 0 unspecified atom stereocenters. The van der Waals surface area contributed by atoms with Gasteiger partial charge in [0, 0.05) is 13.7 Å². The second kappa shape index (κ2) is 5.18. The molecule has 2 rings (SSSR count). The minimum Gasteiger partial charge on any atom is -0.478 e. The zero-order valence-corrected chi connectivity index (χ0v) is 10.1. The maximum absolute atomic E-state index is 12.1. The molecule has 0 saturated carbocycles. The van der Waals surface area contributed by atoms with E-state index in [0.717, 1.165) is 6.42 Å². The Morgan fingerprint density at radius 3 is 2.72 bits per heavy atom. The summed E-state index contributed by atoms with van der Waals surface area (Å²) in [7, 11) is 1.58. The van der Waals surface area contributed by atoms with Crippen molar-refractivity contribution in [2.24, 2.45) is 0 Å². The van der Waals surface area contributed by atoms with Crippen LogP contribution >= 0.6 is 0 Å². The summed E-state index contributed by atoms with van der Waals surface area (Å²) in [6.07, 6.45) is 1.11. The van der Waals surface area contributed by atoms with Crippen molar-refractivity contribution in [3.8, 4) is 0 Å². The number of ether oxygens (including phenoxy) is 1. The molecule has 1 aromatic carbocycles. The molecule has 1 N–H and O–H groups in total. The minimum absolute atomic E-state index is 0.117. The summed E-state index contributed by atoms with van der Waals surface area (Å²) in [5, 5.41) is 9.09. The Bertz CT molecular complexity index is 466. The van der Waals surface area contributed by atoms with Gasteiger partial charge in [0.15, 0.2) is 0 Å². The number of carboxylic acid groups (broad SMARTS) is 1. The van der Waals surface area contributed by atoms with Crippen LogP contribution in [-0.4, -0.2) is 36.7 Å². The van der Waals surface area contributed by atoms with Crippen LogP contribution in [0.15, 0.2) is 24.3 Å². The van der Waals surface area contributed by atoms with Crippen molar-refractivity contribution < 1.29 is 19.4 Å². The average molecular weight is 249 g/mol. The number of rotatable bonds is 3. The van der Waals surface area contributed by atoms with Gasteiger partial charge in [-0.25, -0.2) is 4.79 Å². The molecule has 0 radical (unpaired) electrons. The highest BCUT2D eigenvalue weighted by atomic mass is 16.5. The molecule has 96 valence electrons. The smallest absolute Gasteiger partial charge is 0.337 e. The maximum atomic E-state index is 12.1. The number of likely N-dealkylation sites (N-methyl/N-ethyl adjacent to an activating group) is 1. The van der Waals surface area contributed by atoms with Gasteiger partial charge in [-0.05, 0) is 25.0 Å². The van der Waals surface area contributed by atoms with Gasteiger partial charge in [-0.15, -0.1) is 0 Å². The number of anilines is 1. The summed E-state index contributed by atoms with van der Waals surface area (Å²) in [5.41, 5.74) is 0.511. The van der Waals surface area contributed by atoms with E-state index >= 15 is 0 Å². The van der Waals surface area contributed by atoms with Gasteiger partial charge in [-0.1, -0.05) is 12.1 Å². The number of carboxylic acids is 1. The second-order valence-corrected chi connectivity index (χ2v) is 4.22. The summed E-state index contributed by atoms with van der Waals surface area (Å²) in [6.45, 7) is 0.588. The van der Waals surface area contributed by atoms with Gasteiger partial charge in [0.1, 0.15) is 6.10 Å². The molecule has 1 atom stereocenters. The van der Waals surface area contributed by atoms with Crippen molar-refractivity contribution in [3.05, 3.63) is 29.8 Å². The predicted molar refractivity (Wildman–Crippen MR) is 65.8 cm³/mol. The number of benzene rings is 1. The van der Waals surface area contributed by atoms with E-state index in [1.165, 1.54) is 11.0 Å². The molecule has 1 saturated heterocycles. The molecule has 5 nitrogen and oxygen atoms in total. The van der Waals surface area contributed by atoms with Gasteiger partial charge in [-0.2, -0.15) is 0 Å². The summed E-state index contributed by atoms with van der Waals surface area (Å²) in [4.78, 5) is 24.6. The molecule has 18 heavy (non-hydrogen) atoms. The van der Waals surface area contributed by atoms with E-state index in [2.05, 4.69) is 0 Å². The zero-order valence-electron chi connectivity index (χ0n) is 10.1. The van der Waals surface area contributed by atoms with Gasteiger partial charge in [0.2, 0.25) is 0 Å². The van der Waals surface area contributed by atoms with Crippen LogP contribution in [0.25, 0.3) is 0 Å². The Morgan fingerprint density at radius 2 is 2.11 bits per heavy atom. The standard InChI is InChI=1S/C13H15NO4/c1-14(12(15)11-7-4-8-18-11)10-6-3-2-5-9(10)13(16)17/h2-3,5-6,11H,4,7-8H2,1H3,(H,16,17)/t11-/m1/s1.